The predicted octanol–water partition coefficient (Wildman–Crippen LogP) is 4.70. The van der Waals surface area contributed by atoms with Crippen molar-refractivity contribution in [2.45, 2.75) is 13.8 Å². The molecule has 2 N–H and O–H groups in total. The zero-order valence-electron chi connectivity index (χ0n) is 15.0. The zero-order valence-corrected chi connectivity index (χ0v) is 15.0. The first-order chi connectivity index (χ1) is 12.5. The first kappa shape index (κ1) is 17.5. The Kier molecular flexibility index (Phi) is 5.17. The molecule has 26 heavy (non-hydrogen) atoms. The van der Waals surface area contributed by atoms with Gasteiger partial charge in [0.15, 0.2) is 0 Å². The van der Waals surface area contributed by atoms with Gasteiger partial charge in [-0.2, -0.15) is 0 Å². The number of aryl methyl sites for hydroxylation is 2. The summed E-state index contributed by atoms with van der Waals surface area (Å²) in [7, 11) is 1.57. The maximum Gasteiger partial charge on any atom is 0.255 e. The van der Waals surface area contributed by atoms with Crippen LogP contribution in [0.2, 0.25) is 0 Å². The summed E-state index contributed by atoms with van der Waals surface area (Å²) in [5.74, 6) is 1.15. The number of nitrogens with one attached hydrogen (secondary N) is 2. The molecule has 0 unspecified atom stereocenters. The summed E-state index contributed by atoms with van der Waals surface area (Å²) < 4.78 is 5.14. The van der Waals surface area contributed by atoms with E-state index in [4.69, 9.17) is 4.74 Å². The van der Waals surface area contributed by atoms with Crippen LogP contribution in [0, 0.1) is 13.8 Å². The van der Waals surface area contributed by atoms with E-state index in [0.717, 1.165) is 11.5 Å². The van der Waals surface area contributed by atoms with Crippen molar-refractivity contribution >= 4 is 23.1 Å². The maximum atomic E-state index is 12.3. The van der Waals surface area contributed by atoms with Crippen molar-refractivity contribution < 1.29 is 9.53 Å². The number of aromatic nitrogens is 1. The average Bonchev–Trinajstić information content (AvgIpc) is 2.62. The molecule has 0 saturated heterocycles. The van der Waals surface area contributed by atoms with E-state index in [1.807, 2.05) is 12.1 Å². The van der Waals surface area contributed by atoms with Crippen molar-refractivity contribution in [3.05, 3.63) is 77.5 Å². The number of carbonyl (C=O) groups excluding carboxylic acids is 1. The average molecular weight is 347 g/mol. The van der Waals surface area contributed by atoms with Gasteiger partial charge in [-0.1, -0.05) is 12.1 Å². The lowest BCUT2D eigenvalue weighted by Gasteiger charge is -2.10. The molecule has 0 radical (unpaired) electrons. The summed E-state index contributed by atoms with van der Waals surface area (Å²) in [4.78, 5) is 16.7. The smallest absolute Gasteiger partial charge is 0.255 e. The van der Waals surface area contributed by atoms with Crippen molar-refractivity contribution in [1.82, 2.24) is 4.98 Å². The molecule has 1 amide bonds. The van der Waals surface area contributed by atoms with Crippen LogP contribution >= 0.6 is 0 Å². The molecule has 0 aliphatic rings. The third-order valence-electron chi connectivity index (χ3n) is 3.85. The second-order valence-corrected chi connectivity index (χ2v) is 6.12. The Morgan fingerprint density at radius 2 is 1.73 bits per heavy atom. The van der Waals surface area contributed by atoms with Gasteiger partial charge in [0.25, 0.3) is 5.91 Å². The second kappa shape index (κ2) is 7.70. The molecule has 132 valence electrons. The number of hydrogen-bond donors (Lipinski definition) is 2. The number of anilines is 3. The van der Waals surface area contributed by atoms with E-state index in [0.29, 0.717) is 17.0 Å². The highest BCUT2D eigenvalue weighted by atomic mass is 16.5. The lowest BCUT2D eigenvalue weighted by molar-refractivity contribution is 0.102. The van der Waals surface area contributed by atoms with Crippen molar-refractivity contribution in [2.24, 2.45) is 0 Å². The van der Waals surface area contributed by atoms with E-state index in [2.05, 4.69) is 47.7 Å². The van der Waals surface area contributed by atoms with Crippen molar-refractivity contribution in [3.63, 3.8) is 0 Å². The Morgan fingerprint density at radius 3 is 2.38 bits per heavy atom. The summed E-state index contributed by atoms with van der Waals surface area (Å²) in [5, 5.41) is 6.11. The van der Waals surface area contributed by atoms with Gasteiger partial charge in [0.1, 0.15) is 11.6 Å². The van der Waals surface area contributed by atoms with E-state index < -0.39 is 0 Å². The number of nitrogens with zero attached hydrogens (tertiary/aromatic N) is 1. The topological polar surface area (TPSA) is 63.2 Å². The van der Waals surface area contributed by atoms with Crippen molar-refractivity contribution in [3.8, 4) is 5.75 Å². The molecule has 1 aromatic heterocycles. The minimum Gasteiger partial charge on any atom is -0.497 e. The Labute approximate surface area is 153 Å². The van der Waals surface area contributed by atoms with Gasteiger partial charge in [0.05, 0.1) is 19.0 Å². The highest BCUT2D eigenvalue weighted by Crippen LogP contribution is 2.20. The summed E-state index contributed by atoms with van der Waals surface area (Å²) >= 11 is 0. The van der Waals surface area contributed by atoms with Crippen LogP contribution in [0.1, 0.15) is 21.5 Å². The van der Waals surface area contributed by atoms with Gasteiger partial charge in [0.2, 0.25) is 0 Å². The monoisotopic (exact) mass is 347 g/mol. The van der Waals surface area contributed by atoms with E-state index in [1.165, 1.54) is 11.1 Å². The number of amides is 1. The van der Waals surface area contributed by atoms with Crippen LogP contribution in [0.4, 0.5) is 17.2 Å². The highest BCUT2D eigenvalue weighted by Gasteiger charge is 2.07. The number of carbonyl (C=O) groups is 1. The molecule has 3 rings (SSSR count). The predicted molar refractivity (Wildman–Crippen MR) is 104 cm³/mol. The van der Waals surface area contributed by atoms with Gasteiger partial charge >= 0.3 is 0 Å². The van der Waals surface area contributed by atoms with Crippen molar-refractivity contribution in [1.29, 1.82) is 0 Å². The Balaban J connectivity index is 1.68. The summed E-state index contributed by atoms with van der Waals surface area (Å²) in [6, 6.07) is 16.9. The summed E-state index contributed by atoms with van der Waals surface area (Å²) in [5.41, 5.74) is 4.53. The minimum absolute atomic E-state index is 0.208. The normalized spacial score (nSPS) is 10.3. The molecule has 1 heterocycles. The lowest BCUT2D eigenvalue weighted by Crippen LogP contribution is -2.12. The number of hydrogen-bond acceptors (Lipinski definition) is 4. The summed E-state index contributed by atoms with van der Waals surface area (Å²) in [6.07, 6.45) is 1.63. The first-order valence-corrected chi connectivity index (χ1v) is 8.30. The number of ether oxygens (including phenoxy) is 1. The van der Waals surface area contributed by atoms with Gasteiger partial charge in [0, 0.05) is 11.3 Å². The second-order valence-electron chi connectivity index (χ2n) is 6.12. The molecule has 3 aromatic rings. The molecular formula is C21H21N3O2. The Hall–Kier alpha value is -3.34. The Morgan fingerprint density at radius 1 is 0.962 bits per heavy atom. The van der Waals surface area contributed by atoms with Crippen LogP contribution in [0.15, 0.2) is 60.8 Å². The van der Waals surface area contributed by atoms with Gasteiger partial charge in [-0.15, -0.1) is 0 Å². The van der Waals surface area contributed by atoms with Crippen LogP contribution in [-0.2, 0) is 0 Å². The highest BCUT2D eigenvalue weighted by molar-refractivity contribution is 6.04. The van der Waals surface area contributed by atoms with Crippen LogP contribution in [-0.4, -0.2) is 18.0 Å². The summed E-state index contributed by atoms with van der Waals surface area (Å²) in [6.45, 7) is 4.12. The fourth-order valence-electron chi connectivity index (χ4n) is 2.70. The number of pyridine rings is 1. The molecule has 0 aliphatic heterocycles. The largest absolute Gasteiger partial charge is 0.497 e. The number of rotatable bonds is 5. The molecule has 0 aliphatic carbocycles. The molecule has 5 nitrogen and oxygen atoms in total. The van der Waals surface area contributed by atoms with Crippen LogP contribution in [0.25, 0.3) is 0 Å². The fraction of sp³-hybridized carbons (Fsp3) is 0.143. The van der Waals surface area contributed by atoms with Gasteiger partial charge in [-0.3, -0.25) is 4.79 Å². The van der Waals surface area contributed by atoms with Crippen LogP contribution in [0.3, 0.4) is 0 Å². The molecule has 5 heteroatoms. The van der Waals surface area contributed by atoms with Gasteiger partial charge in [-0.25, -0.2) is 4.98 Å². The maximum absolute atomic E-state index is 12.3. The first-order valence-electron chi connectivity index (χ1n) is 8.30. The molecule has 0 atom stereocenters. The standard InChI is InChI=1S/C21H21N3O2/c1-14-9-15(2)11-18(10-14)23-20-8-7-17(13-22-20)24-21(25)16-5-4-6-19(12-16)26-3/h4-13H,1-3H3,(H,22,23)(H,24,25). The third-order valence-corrected chi connectivity index (χ3v) is 3.85. The van der Waals surface area contributed by atoms with Crippen molar-refractivity contribution in [2.75, 3.05) is 17.7 Å². The molecule has 0 saturated carbocycles. The van der Waals surface area contributed by atoms with Gasteiger partial charge < -0.3 is 15.4 Å². The number of methoxy groups -OCH3 is 1. The fourth-order valence-corrected chi connectivity index (χ4v) is 2.70. The lowest BCUT2D eigenvalue weighted by atomic mass is 10.1. The Bertz CT molecular complexity index is 901. The molecule has 0 spiro atoms. The molecular weight excluding hydrogens is 326 g/mol. The minimum atomic E-state index is -0.208. The third kappa shape index (κ3) is 4.39. The van der Waals surface area contributed by atoms with Crippen LogP contribution in [0.5, 0.6) is 5.75 Å². The van der Waals surface area contributed by atoms with Crippen LogP contribution < -0.4 is 15.4 Å². The molecule has 0 fully saturated rings. The van der Waals surface area contributed by atoms with E-state index >= 15 is 0 Å². The number of benzene rings is 2. The van der Waals surface area contributed by atoms with Gasteiger partial charge in [-0.05, 0) is 67.4 Å². The zero-order chi connectivity index (χ0) is 18.5. The molecule has 0 bridgehead atoms. The van der Waals surface area contributed by atoms with E-state index in [1.54, 1.807) is 37.6 Å². The van der Waals surface area contributed by atoms with E-state index in [-0.39, 0.29) is 5.91 Å². The van der Waals surface area contributed by atoms with E-state index in [9.17, 15) is 4.79 Å². The quantitative estimate of drug-likeness (QED) is 0.702. The SMILES string of the molecule is COc1cccc(C(=O)Nc2ccc(Nc3cc(C)cc(C)c3)nc2)c1. The molecule has 2 aromatic carbocycles.